The summed E-state index contributed by atoms with van der Waals surface area (Å²) in [5.74, 6) is -0.552. The number of hydrogen-bond donors (Lipinski definition) is 0. The Morgan fingerprint density at radius 1 is 1.14 bits per heavy atom. The van der Waals surface area contributed by atoms with Gasteiger partial charge in [-0.25, -0.2) is 9.18 Å². The van der Waals surface area contributed by atoms with Gasteiger partial charge < -0.3 is 14.5 Å². The van der Waals surface area contributed by atoms with E-state index in [9.17, 15) is 19.3 Å². The van der Waals surface area contributed by atoms with Gasteiger partial charge in [0.2, 0.25) is 0 Å². The van der Waals surface area contributed by atoms with Crippen LogP contribution >= 0.6 is 0 Å². The molecule has 1 aromatic carbocycles. The number of carbonyl (C=O) groups excluding carboxylic acids is 1. The Kier molecular flexibility index (Phi) is 6.26. The lowest BCUT2D eigenvalue weighted by molar-refractivity contribution is -0.385. The van der Waals surface area contributed by atoms with Crippen LogP contribution in [0.4, 0.5) is 20.6 Å². The van der Waals surface area contributed by atoms with E-state index in [0.717, 1.165) is 32.0 Å². The number of nitro benzene ring substituents is 1. The Morgan fingerprint density at radius 2 is 1.76 bits per heavy atom. The summed E-state index contributed by atoms with van der Waals surface area (Å²) in [5.41, 5.74) is -0.304. The lowest BCUT2D eigenvalue weighted by Crippen LogP contribution is -2.55. The standard InChI is InChI=1S/C20H29FN4O4/c1-20(2,3)29-19(26)24-12-10-22(11-13-24)15-6-8-23(9-7-15)18-5-4-16(25(27)28)14-17(18)21/h4-5,14-15H,6-13H2,1-3H3. The van der Waals surface area contributed by atoms with E-state index < -0.39 is 16.3 Å². The molecule has 0 atom stereocenters. The van der Waals surface area contributed by atoms with Crippen molar-refractivity contribution < 1.29 is 18.8 Å². The van der Waals surface area contributed by atoms with Crippen LogP contribution in [0.25, 0.3) is 0 Å². The quantitative estimate of drug-likeness (QED) is 0.564. The van der Waals surface area contributed by atoms with Crippen molar-refractivity contribution in [3.05, 3.63) is 34.1 Å². The van der Waals surface area contributed by atoms with Crippen LogP contribution in [0.1, 0.15) is 33.6 Å². The molecule has 1 aromatic rings. The molecule has 8 nitrogen and oxygen atoms in total. The van der Waals surface area contributed by atoms with Gasteiger partial charge in [-0.3, -0.25) is 15.0 Å². The summed E-state index contributed by atoms with van der Waals surface area (Å²) in [6.07, 6.45) is 1.52. The summed E-state index contributed by atoms with van der Waals surface area (Å²) < 4.78 is 19.7. The van der Waals surface area contributed by atoms with Crippen molar-refractivity contribution in [1.29, 1.82) is 0 Å². The molecule has 0 bridgehead atoms. The van der Waals surface area contributed by atoms with E-state index in [4.69, 9.17) is 4.74 Å². The minimum Gasteiger partial charge on any atom is -0.444 e. The minimum atomic E-state index is -0.587. The van der Waals surface area contributed by atoms with Gasteiger partial charge in [0.15, 0.2) is 5.82 Å². The topological polar surface area (TPSA) is 79.2 Å². The number of halogens is 1. The number of carbonyl (C=O) groups is 1. The fraction of sp³-hybridized carbons (Fsp3) is 0.650. The molecule has 2 aliphatic heterocycles. The third kappa shape index (κ3) is 5.35. The highest BCUT2D eigenvalue weighted by Crippen LogP contribution is 2.28. The largest absolute Gasteiger partial charge is 0.444 e. The third-order valence-electron chi connectivity index (χ3n) is 5.43. The fourth-order valence-electron chi connectivity index (χ4n) is 3.93. The van der Waals surface area contributed by atoms with Crippen LogP contribution in [0, 0.1) is 15.9 Å². The van der Waals surface area contributed by atoms with Gasteiger partial charge in [-0.1, -0.05) is 0 Å². The van der Waals surface area contributed by atoms with Gasteiger partial charge in [-0.2, -0.15) is 0 Å². The summed E-state index contributed by atoms with van der Waals surface area (Å²) in [7, 11) is 0. The number of piperidine rings is 1. The molecule has 0 radical (unpaired) electrons. The molecule has 2 fully saturated rings. The molecule has 1 amide bonds. The van der Waals surface area contributed by atoms with Gasteiger partial charge in [-0.05, 0) is 39.7 Å². The smallest absolute Gasteiger partial charge is 0.410 e. The highest BCUT2D eigenvalue weighted by Gasteiger charge is 2.31. The van der Waals surface area contributed by atoms with Gasteiger partial charge in [0.1, 0.15) is 5.60 Å². The SMILES string of the molecule is CC(C)(C)OC(=O)N1CCN(C2CCN(c3ccc([N+](=O)[O-])cc3F)CC2)CC1. The van der Waals surface area contributed by atoms with Crippen molar-refractivity contribution in [2.24, 2.45) is 0 Å². The molecule has 0 aliphatic carbocycles. The van der Waals surface area contributed by atoms with Crippen molar-refractivity contribution >= 4 is 17.5 Å². The molecule has 0 spiro atoms. The van der Waals surface area contributed by atoms with E-state index in [1.165, 1.54) is 12.1 Å². The number of ether oxygens (including phenoxy) is 1. The maximum Gasteiger partial charge on any atom is 0.410 e. The maximum atomic E-state index is 14.3. The van der Waals surface area contributed by atoms with Crippen molar-refractivity contribution in [3.63, 3.8) is 0 Å². The van der Waals surface area contributed by atoms with Crippen molar-refractivity contribution in [3.8, 4) is 0 Å². The van der Waals surface area contributed by atoms with E-state index in [1.54, 1.807) is 4.90 Å². The molecular formula is C20H29FN4O4. The van der Waals surface area contributed by atoms with Crippen molar-refractivity contribution in [2.45, 2.75) is 45.3 Å². The Hall–Kier alpha value is -2.42. The van der Waals surface area contributed by atoms with E-state index in [1.807, 2.05) is 25.7 Å². The Balaban J connectivity index is 1.49. The average Bonchev–Trinajstić information content (AvgIpc) is 2.67. The summed E-state index contributed by atoms with van der Waals surface area (Å²) in [6.45, 7) is 9.88. The number of hydrogen-bond acceptors (Lipinski definition) is 6. The summed E-state index contributed by atoms with van der Waals surface area (Å²) in [6, 6.07) is 4.22. The van der Waals surface area contributed by atoms with E-state index in [0.29, 0.717) is 37.9 Å². The second-order valence-corrected chi connectivity index (χ2v) is 8.61. The van der Waals surface area contributed by atoms with Crippen molar-refractivity contribution in [1.82, 2.24) is 9.80 Å². The Morgan fingerprint density at radius 3 is 2.28 bits per heavy atom. The number of non-ortho nitro benzene ring substituents is 1. The monoisotopic (exact) mass is 408 g/mol. The summed E-state index contributed by atoms with van der Waals surface area (Å²) >= 11 is 0. The predicted molar refractivity (Wildman–Crippen MR) is 108 cm³/mol. The normalized spacial score (nSPS) is 19.3. The summed E-state index contributed by atoms with van der Waals surface area (Å²) in [4.78, 5) is 28.5. The van der Waals surface area contributed by atoms with Crippen LogP contribution in [-0.4, -0.2) is 71.7 Å². The van der Waals surface area contributed by atoms with Crippen LogP contribution in [0.3, 0.4) is 0 Å². The minimum absolute atomic E-state index is 0.232. The first kappa shape index (κ1) is 21.3. The van der Waals surface area contributed by atoms with Gasteiger partial charge in [0, 0.05) is 51.4 Å². The predicted octanol–water partition coefficient (Wildman–Crippen LogP) is 3.26. The van der Waals surface area contributed by atoms with Crippen molar-refractivity contribution in [2.75, 3.05) is 44.2 Å². The zero-order valence-electron chi connectivity index (χ0n) is 17.3. The zero-order valence-corrected chi connectivity index (χ0v) is 17.3. The first-order valence-corrected chi connectivity index (χ1v) is 10.0. The van der Waals surface area contributed by atoms with E-state index in [2.05, 4.69) is 4.90 Å². The van der Waals surface area contributed by atoms with Gasteiger partial charge >= 0.3 is 6.09 Å². The van der Waals surface area contributed by atoms with Gasteiger partial charge in [-0.15, -0.1) is 0 Å². The number of nitrogens with zero attached hydrogens (tertiary/aromatic N) is 4. The second-order valence-electron chi connectivity index (χ2n) is 8.61. The number of rotatable bonds is 3. The lowest BCUT2D eigenvalue weighted by atomic mass is 10.0. The molecular weight excluding hydrogens is 379 g/mol. The number of benzene rings is 1. The molecule has 2 aliphatic rings. The van der Waals surface area contributed by atoms with Crippen LogP contribution in [0.5, 0.6) is 0 Å². The molecule has 160 valence electrons. The highest BCUT2D eigenvalue weighted by molar-refractivity contribution is 5.68. The maximum absolute atomic E-state index is 14.3. The van der Waals surface area contributed by atoms with E-state index >= 15 is 0 Å². The lowest BCUT2D eigenvalue weighted by Gasteiger charge is -2.43. The molecule has 9 heteroatoms. The van der Waals surface area contributed by atoms with Gasteiger partial charge in [0.05, 0.1) is 16.7 Å². The molecule has 29 heavy (non-hydrogen) atoms. The number of piperazine rings is 1. The Labute approximate surface area is 170 Å². The summed E-state index contributed by atoms with van der Waals surface area (Å²) in [5, 5.41) is 10.8. The molecule has 2 saturated heterocycles. The van der Waals surface area contributed by atoms with Crippen LogP contribution < -0.4 is 4.90 Å². The number of amides is 1. The number of anilines is 1. The average molecular weight is 408 g/mol. The number of nitro groups is 1. The van der Waals surface area contributed by atoms with Gasteiger partial charge in [0.25, 0.3) is 5.69 Å². The molecule has 3 rings (SSSR count). The van der Waals surface area contributed by atoms with Crippen LogP contribution in [0.2, 0.25) is 0 Å². The molecule has 0 aromatic heterocycles. The Bertz CT molecular complexity index is 751. The van der Waals surface area contributed by atoms with Crippen LogP contribution in [0.15, 0.2) is 18.2 Å². The second kappa shape index (κ2) is 8.52. The first-order valence-electron chi connectivity index (χ1n) is 10.0. The molecule has 2 heterocycles. The third-order valence-corrected chi connectivity index (χ3v) is 5.43. The van der Waals surface area contributed by atoms with E-state index in [-0.39, 0.29) is 11.8 Å². The first-order chi connectivity index (χ1) is 13.6. The highest BCUT2D eigenvalue weighted by atomic mass is 19.1. The molecule has 0 saturated carbocycles. The fourth-order valence-corrected chi connectivity index (χ4v) is 3.93. The zero-order chi connectivity index (χ0) is 21.2. The molecule has 0 N–H and O–H groups in total. The molecule has 0 unspecified atom stereocenters. The van der Waals surface area contributed by atoms with Crippen LogP contribution in [-0.2, 0) is 4.74 Å².